The van der Waals surface area contributed by atoms with Gasteiger partial charge in [0.1, 0.15) is 0 Å². The Balaban J connectivity index is 0.900. The molecule has 0 fully saturated rings. The Kier molecular flexibility index (Phi) is 9.29. The van der Waals surface area contributed by atoms with Crippen molar-refractivity contribution in [3.05, 3.63) is 266 Å². The van der Waals surface area contributed by atoms with E-state index < -0.39 is 0 Å². The van der Waals surface area contributed by atoms with Crippen LogP contribution in [0.1, 0.15) is 25.0 Å². The standard InChI is InChI=1S/C73H48N2S/c1-73(2)64-23-10-7-21-62(64)71-56(50-31-37-59-58-19-8-11-24-65(58)75(67(59)43-50)53-35-41-69-63(44-53)60-20-9-12-25-68(60)76-69)39-40-66(72(71)73)74(52-34-26-45-14-3-4-16-49(45)42-52)51-32-27-47(28-33-51)55-22-13-17-48-30-36-57-54-18-6-5-15-46(54)29-38-61(57)70(48)55/h3-44H,1-2H3. The zero-order chi connectivity index (χ0) is 50.2. The highest BCUT2D eigenvalue weighted by molar-refractivity contribution is 7.25. The maximum absolute atomic E-state index is 2.52. The number of anilines is 3. The van der Waals surface area contributed by atoms with Crippen LogP contribution in [-0.4, -0.2) is 4.57 Å². The first kappa shape index (κ1) is 43.2. The zero-order valence-electron chi connectivity index (χ0n) is 42.1. The molecule has 0 N–H and O–H groups in total. The zero-order valence-corrected chi connectivity index (χ0v) is 42.9. The molecule has 0 amide bonds. The third kappa shape index (κ3) is 6.33. The molecule has 0 spiro atoms. The van der Waals surface area contributed by atoms with Crippen LogP contribution in [0.25, 0.3) is 124 Å². The molecule has 0 atom stereocenters. The van der Waals surface area contributed by atoms with Crippen LogP contribution < -0.4 is 4.90 Å². The van der Waals surface area contributed by atoms with E-state index >= 15 is 0 Å². The SMILES string of the molecule is CC1(C)c2ccccc2-c2c(-c3ccc4c5ccccc5n(-c5ccc6sc7ccccc7c6c5)c4c3)ccc(N(c3ccc(-c4cccc5ccc6c7ccccc7ccc6c45)cc3)c3ccc4ccccc4c3)c21. The lowest BCUT2D eigenvalue weighted by atomic mass is 9.80. The van der Waals surface area contributed by atoms with Crippen LogP contribution in [-0.2, 0) is 5.41 Å². The fourth-order valence-electron chi connectivity index (χ4n) is 13.2. The van der Waals surface area contributed by atoms with Crippen molar-refractivity contribution in [1.82, 2.24) is 4.57 Å². The van der Waals surface area contributed by atoms with Crippen molar-refractivity contribution in [2.24, 2.45) is 0 Å². The number of fused-ring (bicyclic) bond motifs is 15. The molecule has 1 aliphatic carbocycles. The number of aromatic nitrogens is 1. The number of benzene rings is 13. The molecular weight excluding hydrogens is 937 g/mol. The summed E-state index contributed by atoms with van der Waals surface area (Å²) in [4.78, 5) is 2.52. The molecule has 3 heteroatoms. The quantitative estimate of drug-likeness (QED) is 0.151. The Labute approximate surface area is 444 Å². The van der Waals surface area contributed by atoms with Crippen LogP contribution in [0, 0.1) is 0 Å². The normalized spacial score (nSPS) is 13.0. The van der Waals surface area contributed by atoms with Crippen LogP contribution in [0.3, 0.4) is 0 Å². The van der Waals surface area contributed by atoms with Crippen molar-refractivity contribution in [3.63, 3.8) is 0 Å². The van der Waals surface area contributed by atoms with Gasteiger partial charge in [0.05, 0.1) is 16.7 Å². The smallest absolute Gasteiger partial charge is 0.0547 e. The van der Waals surface area contributed by atoms with Gasteiger partial charge in [-0.05, 0) is 154 Å². The molecule has 0 radical (unpaired) electrons. The molecule has 16 rings (SSSR count). The van der Waals surface area contributed by atoms with Gasteiger partial charge in [0.15, 0.2) is 0 Å². The molecule has 0 saturated heterocycles. The molecule has 13 aromatic carbocycles. The lowest BCUT2D eigenvalue weighted by Gasteiger charge is -2.33. The van der Waals surface area contributed by atoms with Crippen molar-refractivity contribution >= 4 is 113 Å². The van der Waals surface area contributed by atoms with Crippen LogP contribution in [0.15, 0.2) is 255 Å². The molecule has 2 heterocycles. The summed E-state index contributed by atoms with van der Waals surface area (Å²) in [5.41, 5.74) is 16.8. The minimum Gasteiger partial charge on any atom is -0.310 e. The maximum Gasteiger partial charge on any atom is 0.0547 e. The minimum absolute atomic E-state index is 0.321. The third-order valence-corrected chi connectivity index (χ3v) is 17.9. The summed E-state index contributed by atoms with van der Waals surface area (Å²) >= 11 is 1.87. The predicted molar refractivity (Wildman–Crippen MR) is 327 cm³/mol. The average Bonchev–Trinajstić information content (AvgIpc) is 4.22. The summed E-state index contributed by atoms with van der Waals surface area (Å²) in [6, 6.07) is 95.4. The predicted octanol–water partition coefficient (Wildman–Crippen LogP) is 20.9. The number of hydrogen-bond acceptors (Lipinski definition) is 2. The number of para-hydroxylation sites is 1. The lowest BCUT2D eigenvalue weighted by Crippen LogP contribution is -2.20. The summed E-state index contributed by atoms with van der Waals surface area (Å²) in [6.07, 6.45) is 0. The van der Waals surface area contributed by atoms with Gasteiger partial charge < -0.3 is 9.47 Å². The average molecular weight is 985 g/mol. The number of nitrogens with zero attached hydrogens (tertiary/aromatic N) is 2. The lowest BCUT2D eigenvalue weighted by molar-refractivity contribution is 0.661. The Morgan fingerprint density at radius 1 is 0.368 bits per heavy atom. The van der Waals surface area contributed by atoms with Gasteiger partial charge in [-0.2, -0.15) is 0 Å². The van der Waals surface area contributed by atoms with Crippen molar-refractivity contribution in [1.29, 1.82) is 0 Å². The van der Waals surface area contributed by atoms with E-state index in [0.29, 0.717) is 0 Å². The first-order chi connectivity index (χ1) is 37.4. The fraction of sp³-hybridized carbons (Fsp3) is 0.0411. The van der Waals surface area contributed by atoms with Crippen molar-refractivity contribution in [2.45, 2.75) is 19.3 Å². The van der Waals surface area contributed by atoms with Gasteiger partial charge >= 0.3 is 0 Å². The molecule has 15 aromatic rings. The number of thiophene rings is 1. The Morgan fingerprint density at radius 3 is 1.91 bits per heavy atom. The third-order valence-electron chi connectivity index (χ3n) is 16.7. The van der Waals surface area contributed by atoms with Crippen molar-refractivity contribution < 1.29 is 0 Å². The molecule has 356 valence electrons. The van der Waals surface area contributed by atoms with Crippen LogP contribution in [0.4, 0.5) is 17.1 Å². The summed E-state index contributed by atoms with van der Waals surface area (Å²) in [6.45, 7) is 4.85. The summed E-state index contributed by atoms with van der Waals surface area (Å²) in [5, 5.41) is 15.2. The summed E-state index contributed by atoms with van der Waals surface area (Å²) < 4.78 is 5.12. The minimum atomic E-state index is -0.321. The topological polar surface area (TPSA) is 8.17 Å². The van der Waals surface area contributed by atoms with E-state index in [1.807, 2.05) is 11.3 Å². The van der Waals surface area contributed by atoms with Gasteiger partial charge in [0.25, 0.3) is 0 Å². The largest absolute Gasteiger partial charge is 0.310 e. The van der Waals surface area contributed by atoms with Gasteiger partial charge in [-0.25, -0.2) is 0 Å². The van der Waals surface area contributed by atoms with E-state index in [4.69, 9.17) is 0 Å². The van der Waals surface area contributed by atoms with E-state index in [9.17, 15) is 0 Å². The van der Waals surface area contributed by atoms with Crippen LogP contribution >= 0.6 is 11.3 Å². The molecule has 2 nitrogen and oxygen atoms in total. The fourth-order valence-corrected chi connectivity index (χ4v) is 14.3. The van der Waals surface area contributed by atoms with Gasteiger partial charge in [0, 0.05) is 53.4 Å². The molecule has 2 aromatic heterocycles. The number of rotatable bonds is 6. The monoisotopic (exact) mass is 984 g/mol. The first-order valence-electron chi connectivity index (χ1n) is 26.4. The summed E-state index contributed by atoms with van der Waals surface area (Å²) in [7, 11) is 0. The van der Waals surface area contributed by atoms with Crippen LogP contribution in [0.5, 0.6) is 0 Å². The van der Waals surface area contributed by atoms with Crippen molar-refractivity contribution in [3.8, 4) is 39.1 Å². The van der Waals surface area contributed by atoms with E-state index in [0.717, 1.165) is 11.4 Å². The Bertz CT molecular complexity index is 4920. The first-order valence-corrected chi connectivity index (χ1v) is 27.2. The molecule has 0 bridgehead atoms. The second-order valence-corrected chi connectivity index (χ2v) is 22.3. The van der Waals surface area contributed by atoms with E-state index in [1.54, 1.807) is 0 Å². The second-order valence-electron chi connectivity index (χ2n) is 21.2. The van der Waals surface area contributed by atoms with Gasteiger partial charge in [0.2, 0.25) is 0 Å². The molecular formula is C73H48N2S. The van der Waals surface area contributed by atoms with Gasteiger partial charge in [-0.3, -0.25) is 0 Å². The second kappa shape index (κ2) is 16.4. The molecule has 0 saturated carbocycles. The Hall–Kier alpha value is -9.28. The highest BCUT2D eigenvalue weighted by Gasteiger charge is 2.40. The highest BCUT2D eigenvalue weighted by atomic mass is 32.1. The Morgan fingerprint density at radius 2 is 1.01 bits per heavy atom. The highest BCUT2D eigenvalue weighted by Crippen LogP contribution is 2.57. The van der Waals surface area contributed by atoms with E-state index in [-0.39, 0.29) is 5.41 Å². The number of hydrogen-bond donors (Lipinski definition) is 0. The van der Waals surface area contributed by atoms with E-state index in [1.165, 1.54) is 141 Å². The molecule has 0 unspecified atom stereocenters. The van der Waals surface area contributed by atoms with Gasteiger partial charge in [-0.15, -0.1) is 11.3 Å². The summed E-state index contributed by atoms with van der Waals surface area (Å²) in [5.74, 6) is 0. The van der Waals surface area contributed by atoms with Gasteiger partial charge in [-0.1, -0.05) is 202 Å². The van der Waals surface area contributed by atoms with E-state index in [2.05, 4.69) is 278 Å². The molecule has 76 heavy (non-hydrogen) atoms. The van der Waals surface area contributed by atoms with Crippen LogP contribution in [0.2, 0.25) is 0 Å². The maximum atomic E-state index is 2.52. The molecule has 1 aliphatic rings. The molecule has 0 aliphatic heterocycles. The van der Waals surface area contributed by atoms with Crippen molar-refractivity contribution in [2.75, 3.05) is 4.90 Å².